The second-order valence-electron chi connectivity index (χ2n) is 5.71. The zero-order valence-electron chi connectivity index (χ0n) is 12.1. The van der Waals surface area contributed by atoms with Gasteiger partial charge < -0.3 is 10.0 Å². The van der Waals surface area contributed by atoms with Crippen molar-refractivity contribution >= 4 is 11.9 Å². The molecule has 0 bridgehead atoms. The first-order chi connectivity index (χ1) is 9.46. The minimum atomic E-state index is -0.767. The highest BCUT2D eigenvalue weighted by Gasteiger charge is 2.38. The maximum atomic E-state index is 12.4. The molecule has 1 fully saturated rings. The van der Waals surface area contributed by atoms with Crippen LogP contribution in [0.1, 0.15) is 42.6 Å². The lowest BCUT2D eigenvalue weighted by Gasteiger charge is -2.36. The predicted molar refractivity (Wildman–Crippen MR) is 76.7 cm³/mol. The van der Waals surface area contributed by atoms with Crippen LogP contribution in [0.15, 0.2) is 24.3 Å². The zero-order chi connectivity index (χ0) is 14.8. The number of benzene rings is 1. The Morgan fingerprint density at radius 2 is 1.75 bits per heavy atom. The SMILES string of the molecule is CCc1ccc(C(=O)N2CCC(C)(C(=O)O)CC2)cc1. The van der Waals surface area contributed by atoms with Crippen LogP contribution in [0.25, 0.3) is 0 Å². The highest BCUT2D eigenvalue weighted by Crippen LogP contribution is 2.31. The fourth-order valence-electron chi connectivity index (χ4n) is 2.48. The number of rotatable bonds is 3. The molecule has 0 unspecified atom stereocenters. The molecular formula is C16H21NO3. The molecule has 0 saturated carbocycles. The van der Waals surface area contributed by atoms with Gasteiger partial charge in [-0.2, -0.15) is 0 Å². The van der Waals surface area contributed by atoms with Gasteiger partial charge in [-0.25, -0.2) is 0 Å². The van der Waals surface area contributed by atoms with Gasteiger partial charge in [0.15, 0.2) is 0 Å². The first-order valence-electron chi connectivity index (χ1n) is 7.08. The van der Waals surface area contributed by atoms with E-state index in [1.807, 2.05) is 24.3 Å². The number of aliphatic carboxylic acids is 1. The van der Waals surface area contributed by atoms with Crippen molar-refractivity contribution in [1.29, 1.82) is 0 Å². The Balaban J connectivity index is 2.02. The standard InChI is InChI=1S/C16H21NO3/c1-3-12-4-6-13(7-5-12)14(18)17-10-8-16(2,9-11-17)15(19)20/h4-7H,3,8-11H2,1-2H3,(H,19,20). The monoisotopic (exact) mass is 275 g/mol. The number of hydrogen-bond acceptors (Lipinski definition) is 2. The van der Waals surface area contributed by atoms with Crippen LogP contribution in [-0.2, 0) is 11.2 Å². The predicted octanol–water partition coefficient (Wildman–Crippen LogP) is 2.58. The van der Waals surface area contributed by atoms with Crippen molar-refractivity contribution in [3.8, 4) is 0 Å². The molecule has 108 valence electrons. The van der Waals surface area contributed by atoms with Crippen molar-refractivity contribution in [3.05, 3.63) is 35.4 Å². The van der Waals surface area contributed by atoms with E-state index in [2.05, 4.69) is 6.92 Å². The lowest BCUT2D eigenvalue weighted by Crippen LogP contribution is -2.45. The van der Waals surface area contributed by atoms with E-state index in [1.165, 1.54) is 5.56 Å². The van der Waals surface area contributed by atoms with Gasteiger partial charge in [-0.3, -0.25) is 9.59 Å². The molecule has 0 atom stereocenters. The molecule has 1 heterocycles. The molecule has 0 aliphatic carbocycles. The lowest BCUT2D eigenvalue weighted by atomic mass is 9.80. The molecule has 0 aromatic heterocycles. The molecule has 1 amide bonds. The summed E-state index contributed by atoms with van der Waals surface area (Å²) in [4.78, 5) is 25.3. The fourth-order valence-corrected chi connectivity index (χ4v) is 2.48. The van der Waals surface area contributed by atoms with E-state index in [1.54, 1.807) is 11.8 Å². The van der Waals surface area contributed by atoms with Crippen LogP contribution >= 0.6 is 0 Å². The number of likely N-dealkylation sites (tertiary alicyclic amines) is 1. The van der Waals surface area contributed by atoms with Gasteiger partial charge in [-0.1, -0.05) is 19.1 Å². The highest BCUT2D eigenvalue weighted by molar-refractivity contribution is 5.94. The number of piperidine rings is 1. The van der Waals surface area contributed by atoms with Gasteiger partial charge in [0.05, 0.1) is 5.41 Å². The summed E-state index contributed by atoms with van der Waals surface area (Å²) in [6.07, 6.45) is 1.98. The van der Waals surface area contributed by atoms with Crippen LogP contribution in [-0.4, -0.2) is 35.0 Å². The molecule has 2 rings (SSSR count). The molecule has 1 aliphatic heterocycles. The third kappa shape index (κ3) is 2.84. The van der Waals surface area contributed by atoms with Crippen molar-refractivity contribution in [3.63, 3.8) is 0 Å². The van der Waals surface area contributed by atoms with Gasteiger partial charge in [0, 0.05) is 18.7 Å². The number of nitrogens with zero attached hydrogens (tertiary/aromatic N) is 1. The van der Waals surface area contributed by atoms with Crippen molar-refractivity contribution < 1.29 is 14.7 Å². The molecule has 1 aromatic rings. The van der Waals surface area contributed by atoms with Crippen LogP contribution in [0.5, 0.6) is 0 Å². The quantitative estimate of drug-likeness (QED) is 0.922. The molecule has 0 radical (unpaired) electrons. The van der Waals surface area contributed by atoms with Gasteiger partial charge in [0.2, 0.25) is 0 Å². The van der Waals surface area contributed by atoms with Gasteiger partial charge in [-0.05, 0) is 43.9 Å². The summed E-state index contributed by atoms with van der Waals surface area (Å²) in [6, 6.07) is 7.65. The average molecular weight is 275 g/mol. The van der Waals surface area contributed by atoms with E-state index >= 15 is 0 Å². The second-order valence-corrected chi connectivity index (χ2v) is 5.71. The molecule has 0 spiro atoms. The summed E-state index contributed by atoms with van der Waals surface area (Å²) < 4.78 is 0. The number of carboxylic acids is 1. The minimum absolute atomic E-state index is 0.0000850. The highest BCUT2D eigenvalue weighted by atomic mass is 16.4. The first kappa shape index (κ1) is 14.6. The number of aryl methyl sites for hydroxylation is 1. The average Bonchev–Trinajstić information content (AvgIpc) is 2.47. The van der Waals surface area contributed by atoms with Crippen LogP contribution in [0, 0.1) is 5.41 Å². The molecule has 4 heteroatoms. The topological polar surface area (TPSA) is 57.6 Å². The Hall–Kier alpha value is -1.84. The normalized spacial score (nSPS) is 17.8. The molecule has 1 aliphatic rings. The van der Waals surface area contributed by atoms with Crippen molar-refractivity contribution in [2.45, 2.75) is 33.1 Å². The Labute approximate surface area is 119 Å². The van der Waals surface area contributed by atoms with Crippen molar-refractivity contribution in [2.24, 2.45) is 5.41 Å². The second kappa shape index (κ2) is 5.65. The molecule has 1 aromatic carbocycles. The van der Waals surface area contributed by atoms with Crippen molar-refractivity contribution in [2.75, 3.05) is 13.1 Å². The van der Waals surface area contributed by atoms with Crippen LogP contribution < -0.4 is 0 Å². The third-order valence-corrected chi connectivity index (χ3v) is 4.28. The van der Waals surface area contributed by atoms with Crippen molar-refractivity contribution in [1.82, 2.24) is 4.90 Å². The van der Waals surface area contributed by atoms with E-state index in [9.17, 15) is 14.7 Å². The van der Waals surface area contributed by atoms with Crippen LogP contribution in [0.2, 0.25) is 0 Å². The number of carbonyl (C=O) groups excluding carboxylic acids is 1. The Morgan fingerprint density at radius 1 is 1.20 bits per heavy atom. The van der Waals surface area contributed by atoms with E-state index in [0.717, 1.165) is 6.42 Å². The number of carboxylic acid groups (broad SMARTS) is 1. The van der Waals surface area contributed by atoms with Crippen LogP contribution in [0.4, 0.5) is 0 Å². The summed E-state index contributed by atoms with van der Waals surface area (Å²) in [7, 11) is 0. The van der Waals surface area contributed by atoms with E-state index in [-0.39, 0.29) is 5.91 Å². The van der Waals surface area contributed by atoms with Gasteiger partial charge in [0.1, 0.15) is 0 Å². The van der Waals surface area contributed by atoms with Gasteiger partial charge in [0.25, 0.3) is 5.91 Å². The maximum absolute atomic E-state index is 12.4. The summed E-state index contributed by atoms with van der Waals surface area (Å²) >= 11 is 0. The third-order valence-electron chi connectivity index (χ3n) is 4.28. The number of hydrogen-bond donors (Lipinski definition) is 1. The first-order valence-corrected chi connectivity index (χ1v) is 7.08. The zero-order valence-corrected chi connectivity index (χ0v) is 12.1. The molecule has 1 N–H and O–H groups in total. The van der Waals surface area contributed by atoms with E-state index in [4.69, 9.17) is 0 Å². The lowest BCUT2D eigenvalue weighted by molar-refractivity contribution is -0.150. The summed E-state index contributed by atoms with van der Waals surface area (Å²) in [5.74, 6) is -0.767. The van der Waals surface area contributed by atoms with Gasteiger partial charge in [-0.15, -0.1) is 0 Å². The molecule has 1 saturated heterocycles. The largest absolute Gasteiger partial charge is 0.481 e. The Bertz CT molecular complexity index is 499. The fraction of sp³-hybridized carbons (Fsp3) is 0.500. The van der Waals surface area contributed by atoms with Crippen LogP contribution in [0.3, 0.4) is 0 Å². The number of amides is 1. The van der Waals surface area contributed by atoms with E-state index in [0.29, 0.717) is 31.5 Å². The summed E-state index contributed by atoms with van der Waals surface area (Å²) in [5, 5.41) is 9.19. The summed E-state index contributed by atoms with van der Waals surface area (Å²) in [6.45, 7) is 4.86. The summed E-state index contributed by atoms with van der Waals surface area (Å²) in [5.41, 5.74) is 1.20. The maximum Gasteiger partial charge on any atom is 0.309 e. The Morgan fingerprint density at radius 3 is 2.20 bits per heavy atom. The molecule has 4 nitrogen and oxygen atoms in total. The number of carbonyl (C=O) groups is 2. The smallest absolute Gasteiger partial charge is 0.309 e. The molecular weight excluding hydrogens is 254 g/mol. The van der Waals surface area contributed by atoms with Gasteiger partial charge >= 0.3 is 5.97 Å². The Kier molecular flexibility index (Phi) is 4.12. The minimum Gasteiger partial charge on any atom is -0.481 e. The van der Waals surface area contributed by atoms with E-state index < -0.39 is 11.4 Å². The molecule has 20 heavy (non-hydrogen) atoms.